The highest BCUT2D eigenvalue weighted by Crippen LogP contribution is 2.25. The van der Waals surface area contributed by atoms with Crippen LogP contribution in [-0.2, 0) is 10.0 Å². The molecule has 0 aliphatic carbocycles. The van der Waals surface area contributed by atoms with E-state index >= 15 is 0 Å². The number of pyridine rings is 1. The van der Waals surface area contributed by atoms with Crippen LogP contribution < -0.4 is 10.4 Å². The predicted octanol–water partition coefficient (Wildman–Crippen LogP) is 4.49. The number of anilines is 1. The van der Waals surface area contributed by atoms with Crippen LogP contribution in [0.3, 0.4) is 0 Å². The summed E-state index contributed by atoms with van der Waals surface area (Å²) in [5.74, 6) is 0.247. The van der Waals surface area contributed by atoms with Gasteiger partial charge in [-0.15, -0.1) is 0 Å². The first kappa shape index (κ1) is 21.4. The van der Waals surface area contributed by atoms with Crippen molar-refractivity contribution in [1.82, 2.24) is 14.1 Å². The highest BCUT2D eigenvalue weighted by Gasteiger charge is 2.16. The molecular weight excluding hydrogens is 448 g/mol. The van der Waals surface area contributed by atoms with E-state index in [-0.39, 0.29) is 16.4 Å². The third-order valence-corrected chi connectivity index (χ3v) is 6.67. The van der Waals surface area contributed by atoms with Crippen LogP contribution in [-0.4, -0.2) is 22.5 Å². The number of hydrogen-bond donors (Lipinski definition) is 1. The summed E-state index contributed by atoms with van der Waals surface area (Å²) in [5.41, 5.74) is 2.75. The second-order valence-electron chi connectivity index (χ2n) is 7.55. The van der Waals surface area contributed by atoms with Crippen molar-refractivity contribution in [2.45, 2.75) is 4.90 Å². The van der Waals surface area contributed by atoms with Crippen LogP contribution in [0.4, 0.5) is 5.82 Å². The summed E-state index contributed by atoms with van der Waals surface area (Å²) < 4.78 is 31.3. The Bertz CT molecular complexity index is 1610. The summed E-state index contributed by atoms with van der Waals surface area (Å²) in [5, 5.41) is 0. The number of para-hydroxylation sites is 1. The van der Waals surface area contributed by atoms with Gasteiger partial charge in [0.1, 0.15) is 5.82 Å². The van der Waals surface area contributed by atoms with Crippen molar-refractivity contribution < 1.29 is 8.42 Å². The monoisotopic (exact) mass is 468 g/mol. The van der Waals surface area contributed by atoms with Gasteiger partial charge in [0.25, 0.3) is 10.0 Å². The smallest absolute Gasteiger partial charge is 0.268 e. The third kappa shape index (κ3) is 4.26. The molecule has 2 aromatic heterocycles. The number of imidazole rings is 1. The molecule has 7 nitrogen and oxygen atoms in total. The average molecular weight is 469 g/mol. The van der Waals surface area contributed by atoms with Gasteiger partial charge in [0.05, 0.1) is 16.3 Å². The third-order valence-electron chi connectivity index (χ3n) is 5.32. The molecule has 0 aliphatic heterocycles. The van der Waals surface area contributed by atoms with Gasteiger partial charge < -0.3 is 0 Å². The molecule has 0 saturated heterocycles. The van der Waals surface area contributed by atoms with E-state index in [0.717, 1.165) is 11.3 Å². The minimum atomic E-state index is -3.81. The van der Waals surface area contributed by atoms with Gasteiger partial charge in [0.15, 0.2) is 0 Å². The van der Waals surface area contributed by atoms with Gasteiger partial charge in [-0.1, -0.05) is 48.5 Å². The Kier molecular flexibility index (Phi) is 5.57. The lowest BCUT2D eigenvalue weighted by Crippen LogP contribution is -2.21. The first-order valence-corrected chi connectivity index (χ1v) is 12.0. The highest BCUT2D eigenvalue weighted by molar-refractivity contribution is 7.92. The maximum Gasteiger partial charge on any atom is 0.337 e. The van der Waals surface area contributed by atoms with Crippen molar-refractivity contribution in [3.63, 3.8) is 0 Å². The molecule has 168 valence electrons. The fraction of sp³-hybridized carbons (Fsp3) is 0. The lowest BCUT2D eigenvalue weighted by Gasteiger charge is -2.10. The number of benzene rings is 3. The van der Waals surface area contributed by atoms with Crippen LogP contribution >= 0.6 is 0 Å². The van der Waals surface area contributed by atoms with E-state index in [4.69, 9.17) is 0 Å². The van der Waals surface area contributed by atoms with Crippen molar-refractivity contribution in [1.29, 1.82) is 0 Å². The molecule has 1 N–H and O–H groups in total. The van der Waals surface area contributed by atoms with Crippen molar-refractivity contribution >= 4 is 15.8 Å². The Morgan fingerprint density at radius 3 is 2.06 bits per heavy atom. The van der Waals surface area contributed by atoms with Crippen LogP contribution in [0.5, 0.6) is 0 Å². The Morgan fingerprint density at radius 2 is 1.32 bits per heavy atom. The summed E-state index contributed by atoms with van der Waals surface area (Å²) in [7, 11) is -3.81. The molecule has 0 aliphatic rings. The Balaban J connectivity index is 1.48. The van der Waals surface area contributed by atoms with Crippen molar-refractivity contribution in [3.05, 3.63) is 126 Å². The SMILES string of the molecule is O=c1n(-c2ccccc2)ccn1-c1cccc(-c2cccc(S(=O)(=O)Nc3ccccn3)c2)c1. The average Bonchev–Trinajstić information content (AvgIpc) is 3.26. The summed E-state index contributed by atoms with van der Waals surface area (Å²) in [6.07, 6.45) is 4.96. The maximum absolute atomic E-state index is 13.0. The number of rotatable bonds is 6. The molecule has 5 aromatic rings. The number of sulfonamides is 1. The molecule has 5 rings (SSSR count). The predicted molar refractivity (Wildman–Crippen MR) is 132 cm³/mol. The van der Waals surface area contributed by atoms with Gasteiger partial charge in [-0.25, -0.2) is 18.2 Å². The number of hydrogen-bond acceptors (Lipinski definition) is 4. The number of nitrogens with zero attached hydrogens (tertiary/aromatic N) is 3. The fourth-order valence-electron chi connectivity index (χ4n) is 3.66. The van der Waals surface area contributed by atoms with Gasteiger partial charge in [-0.3, -0.25) is 13.9 Å². The van der Waals surface area contributed by atoms with Crippen LogP contribution in [0.25, 0.3) is 22.5 Å². The van der Waals surface area contributed by atoms with E-state index in [2.05, 4.69) is 9.71 Å². The van der Waals surface area contributed by atoms with E-state index in [1.54, 1.807) is 51.9 Å². The standard InChI is InChI=1S/C26H20N4O3S/c31-26-29(22-10-2-1-3-11-22)16-17-30(26)23-12-6-8-20(18-23)21-9-7-13-24(19-21)34(32,33)28-25-14-4-5-15-27-25/h1-19H,(H,27,28). The second kappa shape index (κ2) is 8.84. The molecule has 0 unspecified atom stereocenters. The molecule has 0 saturated carbocycles. The van der Waals surface area contributed by atoms with Crippen molar-refractivity contribution in [2.75, 3.05) is 4.72 Å². The molecular formula is C26H20N4O3S. The molecule has 0 atom stereocenters. The summed E-state index contributed by atoms with van der Waals surface area (Å²) in [6, 6.07) is 28.5. The molecule has 0 amide bonds. The van der Waals surface area contributed by atoms with E-state index in [1.807, 2.05) is 60.7 Å². The quantitative estimate of drug-likeness (QED) is 0.398. The Hall–Kier alpha value is -4.43. The first-order valence-electron chi connectivity index (χ1n) is 10.5. The minimum Gasteiger partial charge on any atom is -0.268 e. The zero-order chi connectivity index (χ0) is 23.5. The van der Waals surface area contributed by atoms with Crippen molar-refractivity contribution in [2.24, 2.45) is 0 Å². The van der Waals surface area contributed by atoms with Gasteiger partial charge in [-0.05, 0) is 59.7 Å². The summed E-state index contributed by atoms with van der Waals surface area (Å²) >= 11 is 0. The Morgan fingerprint density at radius 1 is 0.676 bits per heavy atom. The lowest BCUT2D eigenvalue weighted by molar-refractivity contribution is 0.601. The molecule has 2 heterocycles. The molecule has 8 heteroatoms. The van der Waals surface area contributed by atoms with E-state index < -0.39 is 10.0 Å². The summed E-state index contributed by atoms with van der Waals surface area (Å²) in [4.78, 5) is 17.2. The number of aromatic nitrogens is 3. The van der Waals surface area contributed by atoms with E-state index in [1.165, 1.54) is 12.3 Å². The molecule has 34 heavy (non-hydrogen) atoms. The fourth-order valence-corrected chi connectivity index (χ4v) is 4.71. The van der Waals surface area contributed by atoms with Gasteiger partial charge >= 0.3 is 5.69 Å². The largest absolute Gasteiger partial charge is 0.337 e. The van der Waals surface area contributed by atoms with Gasteiger partial charge in [-0.2, -0.15) is 0 Å². The number of nitrogens with one attached hydrogen (secondary N) is 1. The first-order chi connectivity index (χ1) is 16.5. The minimum absolute atomic E-state index is 0.119. The highest BCUT2D eigenvalue weighted by atomic mass is 32.2. The molecule has 0 spiro atoms. The Labute approximate surface area is 196 Å². The topological polar surface area (TPSA) is 86.0 Å². The molecule has 3 aromatic carbocycles. The molecule has 0 radical (unpaired) electrons. The van der Waals surface area contributed by atoms with Crippen LogP contribution in [0.1, 0.15) is 0 Å². The lowest BCUT2D eigenvalue weighted by atomic mass is 10.1. The zero-order valence-corrected chi connectivity index (χ0v) is 18.8. The van der Waals surface area contributed by atoms with Crippen LogP contribution in [0, 0.1) is 0 Å². The van der Waals surface area contributed by atoms with E-state index in [0.29, 0.717) is 11.3 Å². The van der Waals surface area contributed by atoms with Crippen molar-refractivity contribution in [3.8, 4) is 22.5 Å². The maximum atomic E-state index is 13.0. The second-order valence-corrected chi connectivity index (χ2v) is 9.24. The zero-order valence-electron chi connectivity index (χ0n) is 17.9. The van der Waals surface area contributed by atoms with Crippen LogP contribution in [0.2, 0.25) is 0 Å². The van der Waals surface area contributed by atoms with Gasteiger partial charge in [0, 0.05) is 18.6 Å². The molecule has 0 fully saturated rings. The van der Waals surface area contributed by atoms with Gasteiger partial charge in [0.2, 0.25) is 0 Å². The summed E-state index contributed by atoms with van der Waals surface area (Å²) in [6.45, 7) is 0. The van der Waals surface area contributed by atoms with Crippen LogP contribution in [0.15, 0.2) is 125 Å². The molecule has 0 bridgehead atoms. The normalized spacial score (nSPS) is 11.3. The van der Waals surface area contributed by atoms with E-state index in [9.17, 15) is 13.2 Å².